The molecule has 21 fully saturated rings. The zero-order valence-corrected chi connectivity index (χ0v) is 40.0. The van der Waals surface area contributed by atoms with Crippen LogP contribution in [0.15, 0.2) is 0 Å². The molecule has 21 heterocycles. The Hall–Kier alpha value is -1.12. The smallest absolute Gasteiger partial charge is 0.231 e. The average Bonchev–Trinajstić information content (AvgIpc) is 3.91. The molecule has 14 bridgehead atoms. The fraction of sp³-hybridized carbons (Fsp3) is 1.00. The summed E-state index contributed by atoms with van der Waals surface area (Å²) in [7, 11) is 0. The number of ether oxygens (including phenoxy) is 15. The molecule has 0 spiro atoms. The highest BCUT2D eigenvalue weighted by Crippen LogP contribution is 2.58. The van der Waals surface area contributed by atoms with E-state index in [9.17, 15) is 66.4 Å². The van der Waals surface area contributed by atoms with Gasteiger partial charge in [0.25, 0.3) is 0 Å². The highest BCUT2D eigenvalue weighted by Gasteiger charge is 2.80. The van der Waals surface area contributed by atoms with Crippen LogP contribution in [-0.2, 0) is 71.1 Å². The summed E-state index contributed by atoms with van der Waals surface area (Å²) in [6, 6.07) is 0. The van der Waals surface area contributed by atoms with Crippen LogP contribution >= 0.6 is 0 Å². The molecule has 0 saturated carbocycles. The van der Waals surface area contributed by atoms with Gasteiger partial charge >= 0.3 is 0 Å². The minimum absolute atomic E-state index is 1.08. The molecule has 21 aliphatic heterocycles. The van der Waals surface area contributed by atoms with E-state index in [4.69, 9.17) is 71.1 Å². The Labute approximate surface area is 406 Å². The first-order valence-corrected chi connectivity index (χ1v) is 24.0. The van der Waals surface area contributed by atoms with E-state index in [2.05, 4.69) is 0 Å². The Morgan fingerprint density at radius 2 is 0.493 bits per heavy atom. The van der Waals surface area contributed by atoms with Crippen molar-refractivity contribution in [3.8, 4) is 0 Å². The summed E-state index contributed by atoms with van der Waals surface area (Å²) < 4.78 is 89.0. The maximum atomic E-state index is 11.8. The highest BCUT2D eigenvalue weighted by atomic mass is 16.8. The molecule has 410 valence electrons. The van der Waals surface area contributed by atoms with Crippen LogP contribution in [0.25, 0.3) is 0 Å². The van der Waals surface area contributed by atoms with E-state index in [1.807, 2.05) is 0 Å². The van der Waals surface area contributed by atoms with Crippen molar-refractivity contribution in [3.63, 3.8) is 0 Å². The van der Waals surface area contributed by atoms with Gasteiger partial charge < -0.3 is 137 Å². The van der Waals surface area contributed by atoms with Gasteiger partial charge in [-0.25, -0.2) is 0 Å². The lowest BCUT2D eigenvalue weighted by molar-refractivity contribution is -0.390. The summed E-state index contributed by atoms with van der Waals surface area (Å²) in [5.41, 5.74) is -1.69. The van der Waals surface area contributed by atoms with Gasteiger partial charge in [-0.2, -0.15) is 0 Å². The lowest BCUT2D eigenvalue weighted by atomic mass is 9.91. The van der Waals surface area contributed by atoms with E-state index in [1.54, 1.807) is 0 Å². The largest absolute Gasteiger partial charge is 0.387 e. The fourth-order valence-electron chi connectivity index (χ4n) is 10.8. The minimum Gasteiger partial charge on any atom is -0.387 e. The molecule has 0 aromatic carbocycles. The van der Waals surface area contributed by atoms with Crippen molar-refractivity contribution < 1.29 is 137 Å². The predicted molar refractivity (Wildman–Crippen MR) is 221 cm³/mol. The van der Waals surface area contributed by atoms with Crippen molar-refractivity contribution in [1.29, 1.82) is 0 Å². The lowest BCUT2D eigenvalue weighted by Gasteiger charge is -2.49. The summed E-state index contributed by atoms with van der Waals surface area (Å²) in [4.78, 5) is 0. The SMILES string of the molecule is CC1OC2OC3C(C)OC(OC4C(C)OC(OC5C(C)OC(OC6C(C)OC(OC7C(C)OC(OC8C(C)OC(OC1C(O)C2O)C(O)C8O)C(O)C7O)C(O)C6O)C1(C)OC51O)C(O)C4O)C(O)C3O. The van der Waals surface area contributed by atoms with E-state index in [1.165, 1.54) is 55.4 Å². The van der Waals surface area contributed by atoms with Gasteiger partial charge in [0, 0.05) is 0 Å². The van der Waals surface area contributed by atoms with Crippen LogP contribution in [0.2, 0.25) is 0 Å². The third-order valence-corrected chi connectivity index (χ3v) is 15.3. The van der Waals surface area contributed by atoms with Gasteiger partial charge in [0.1, 0.15) is 116 Å². The van der Waals surface area contributed by atoms with Crippen LogP contribution in [0.4, 0.5) is 0 Å². The molecule has 0 aromatic rings. The molecular formula is C43H70O28. The van der Waals surface area contributed by atoms with Crippen molar-refractivity contribution in [2.45, 2.75) is 270 Å². The van der Waals surface area contributed by atoms with Crippen molar-refractivity contribution in [3.05, 3.63) is 0 Å². The van der Waals surface area contributed by atoms with E-state index in [0.29, 0.717) is 0 Å². The van der Waals surface area contributed by atoms with Gasteiger partial charge in [-0.3, -0.25) is 0 Å². The van der Waals surface area contributed by atoms with Crippen molar-refractivity contribution in [2.75, 3.05) is 0 Å². The first kappa shape index (κ1) is 54.7. The van der Waals surface area contributed by atoms with E-state index in [0.717, 1.165) is 0 Å². The first-order chi connectivity index (χ1) is 33.3. The first-order valence-electron chi connectivity index (χ1n) is 24.0. The van der Waals surface area contributed by atoms with Gasteiger partial charge in [0.05, 0.1) is 42.7 Å². The number of epoxide rings is 1. The number of hydrogen-bond acceptors (Lipinski definition) is 28. The van der Waals surface area contributed by atoms with Gasteiger partial charge in [-0.15, -0.1) is 0 Å². The topological polar surface area (TPSA) is 405 Å². The molecule has 28 nitrogen and oxygen atoms in total. The Balaban J connectivity index is 0.954. The fourth-order valence-corrected chi connectivity index (χ4v) is 10.8. The maximum Gasteiger partial charge on any atom is 0.231 e. The van der Waals surface area contributed by atoms with E-state index in [-0.39, 0.29) is 0 Å². The van der Waals surface area contributed by atoms with Crippen LogP contribution in [0.1, 0.15) is 55.4 Å². The van der Waals surface area contributed by atoms with Crippen LogP contribution in [0.5, 0.6) is 0 Å². The third-order valence-electron chi connectivity index (χ3n) is 15.3. The van der Waals surface area contributed by atoms with Gasteiger partial charge in [0.15, 0.2) is 49.6 Å². The molecule has 0 amide bonds. The van der Waals surface area contributed by atoms with Crippen LogP contribution < -0.4 is 0 Å². The summed E-state index contributed by atoms with van der Waals surface area (Å²) in [5, 5.41) is 147. The van der Waals surface area contributed by atoms with Crippen molar-refractivity contribution in [2.24, 2.45) is 0 Å². The molecule has 21 saturated heterocycles. The van der Waals surface area contributed by atoms with Crippen LogP contribution in [-0.4, -0.2) is 281 Å². The molecule has 35 unspecified atom stereocenters. The minimum atomic E-state index is -2.17. The molecule has 71 heavy (non-hydrogen) atoms. The molecule has 0 radical (unpaired) electrons. The Morgan fingerprint density at radius 1 is 0.268 bits per heavy atom. The van der Waals surface area contributed by atoms with Crippen LogP contribution in [0, 0.1) is 0 Å². The molecular weight excluding hydrogens is 964 g/mol. The second-order valence-electron chi connectivity index (χ2n) is 20.4. The molecule has 35 atom stereocenters. The van der Waals surface area contributed by atoms with Crippen molar-refractivity contribution >= 4 is 0 Å². The predicted octanol–water partition coefficient (Wildman–Crippen LogP) is -7.28. The monoisotopic (exact) mass is 1030 g/mol. The number of aliphatic hydroxyl groups excluding tert-OH is 12. The van der Waals surface area contributed by atoms with Crippen molar-refractivity contribution in [1.82, 2.24) is 0 Å². The standard InChI is InChI=1S/C43H70O28/c1-9-28-16(44)23(51)36(58-9)66-30-11(3)60-38(25(53)18(30)46)68-32-13(5)62-40(27(55)20(32)48)70-34-15(7)63-41(42(8)43(34,56)71-42)69-33-14(6)61-39(26(54)21(33)49)67-31-12(4)59-37(24(52)19(31)47)65-29-10(2)57-35(64-28)22(50)17(29)45/h9-41,44-56H,1-8H3. The summed E-state index contributed by atoms with van der Waals surface area (Å²) in [5.74, 6) is -2.17. The second-order valence-corrected chi connectivity index (χ2v) is 20.4. The van der Waals surface area contributed by atoms with Gasteiger partial charge in [-0.05, 0) is 55.4 Å². The zero-order chi connectivity index (χ0) is 51.7. The highest BCUT2D eigenvalue weighted by molar-refractivity contribution is 5.17. The Morgan fingerprint density at radius 3 is 0.746 bits per heavy atom. The van der Waals surface area contributed by atoms with E-state index < -0.39 is 214 Å². The molecule has 21 rings (SSSR count). The number of hydrogen-bond donors (Lipinski definition) is 13. The quantitative estimate of drug-likeness (QED) is 0.100. The molecule has 21 aliphatic rings. The summed E-state index contributed by atoms with van der Waals surface area (Å²) in [6.07, 6.45) is -51.0. The lowest BCUT2D eigenvalue weighted by Crippen LogP contribution is -2.66. The summed E-state index contributed by atoms with van der Waals surface area (Å²) >= 11 is 0. The normalized spacial score (nSPS) is 61.6. The molecule has 0 aromatic heterocycles. The Kier molecular flexibility index (Phi) is 15.7. The van der Waals surface area contributed by atoms with Gasteiger partial charge in [-0.1, -0.05) is 0 Å². The molecule has 13 N–H and O–H groups in total. The number of aliphatic hydroxyl groups is 13. The average molecular weight is 1040 g/mol. The summed E-state index contributed by atoms with van der Waals surface area (Å²) in [6.45, 7) is 11.6. The zero-order valence-electron chi connectivity index (χ0n) is 40.0. The van der Waals surface area contributed by atoms with Crippen LogP contribution in [0.3, 0.4) is 0 Å². The molecule has 28 heteroatoms. The maximum absolute atomic E-state index is 11.8. The Bertz CT molecular complexity index is 1830. The third kappa shape index (κ3) is 9.52. The second kappa shape index (κ2) is 20.4. The number of rotatable bonds is 0. The molecule has 0 aliphatic carbocycles. The van der Waals surface area contributed by atoms with Gasteiger partial charge in [0.2, 0.25) is 5.79 Å². The van der Waals surface area contributed by atoms with E-state index >= 15 is 0 Å².